The lowest BCUT2D eigenvalue weighted by atomic mass is 9.91. The van der Waals surface area contributed by atoms with Crippen molar-refractivity contribution in [1.29, 1.82) is 0 Å². The Morgan fingerprint density at radius 3 is 2.57 bits per heavy atom. The number of rotatable bonds is 3. The van der Waals surface area contributed by atoms with Crippen LogP contribution in [0.3, 0.4) is 0 Å². The van der Waals surface area contributed by atoms with E-state index in [1.807, 2.05) is 18.2 Å². The van der Waals surface area contributed by atoms with Gasteiger partial charge in [-0.05, 0) is 38.1 Å². The van der Waals surface area contributed by atoms with E-state index < -0.39 is 11.2 Å². The topological polar surface area (TPSA) is 55.8 Å². The van der Waals surface area contributed by atoms with Crippen molar-refractivity contribution in [3.8, 4) is 5.75 Å². The summed E-state index contributed by atoms with van der Waals surface area (Å²) in [6, 6.07) is 12.2. The molecule has 146 valence electrons. The summed E-state index contributed by atoms with van der Waals surface area (Å²) in [7, 11) is 0. The molecule has 7 heteroatoms. The molecule has 0 aliphatic carbocycles. The maximum Gasteiger partial charge on any atom is 0.339 e. The Kier molecular flexibility index (Phi) is 4.55. The summed E-state index contributed by atoms with van der Waals surface area (Å²) in [5, 5.41) is 0.862. The summed E-state index contributed by atoms with van der Waals surface area (Å²) in [6.45, 7) is 4.18. The standard InChI is InChI=1S/C21H19Cl2NO4/c1-20(2,27-15-10-13(22)9-14(23)11-15)19(26)24-8-7-21(12-24)17-6-4-3-5-16(17)18(25)28-21/h3-6,9-11H,7-8,12H2,1-2H3/t21-/m0/s1. The average Bonchev–Trinajstić information content (AvgIpc) is 3.16. The molecule has 0 saturated carbocycles. The number of carbonyl (C=O) groups is 2. The van der Waals surface area contributed by atoms with Crippen LogP contribution in [0.25, 0.3) is 0 Å². The van der Waals surface area contributed by atoms with Crippen molar-refractivity contribution >= 4 is 35.1 Å². The van der Waals surface area contributed by atoms with Crippen LogP contribution in [0.4, 0.5) is 0 Å². The zero-order valence-electron chi connectivity index (χ0n) is 15.5. The van der Waals surface area contributed by atoms with Gasteiger partial charge in [0.25, 0.3) is 5.91 Å². The lowest BCUT2D eigenvalue weighted by molar-refractivity contribution is -0.145. The highest BCUT2D eigenvalue weighted by atomic mass is 35.5. The molecule has 0 aromatic heterocycles. The van der Waals surface area contributed by atoms with Crippen LogP contribution >= 0.6 is 23.2 Å². The van der Waals surface area contributed by atoms with Crippen LogP contribution in [0.15, 0.2) is 42.5 Å². The number of esters is 1. The van der Waals surface area contributed by atoms with Crippen molar-refractivity contribution in [1.82, 2.24) is 4.90 Å². The van der Waals surface area contributed by atoms with Gasteiger partial charge in [-0.3, -0.25) is 4.79 Å². The lowest BCUT2D eigenvalue weighted by Crippen LogP contribution is -2.49. The van der Waals surface area contributed by atoms with Gasteiger partial charge in [0, 0.05) is 28.6 Å². The van der Waals surface area contributed by atoms with Crippen molar-refractivity contribution in [2.24, 2.45) is 0 Å². The number of carbonyl (C=O) groups excluding carboxylic acids is 2. The first kappa shape index (κ1) is 19.1. The lowest BCUT2D eigenvalue weighted by Gasteiger charge is -2.31. The normalized spacial score (nSPS) is 21.0. The average molecular weight is 420 g/mol. The second-order valence-electron chi connectivity index (χ2n) is 7.62. The van der Waals surface area contributed by atoms with E-state index in [1.54, 1.807) is 43.0 Å². The van der Waals surface area contributed by atoms with Crippen molar-refractivity contribution in [3.63, 3.8) is 0 Å². The zero-order valence-corrected chi connectivity index (χ0v) is 17.0. The smallest absolute Gasteiger partial charge is 0.339 e. The molecule has 2 heterocycles. The largest absolute Gasteiger partial charge is 0.478 e. The number of hydrogen-bond donors (Lipinski definition) is 0. The molecule has 2 aromatic carbocycles. The molecular weight excluding hydrogens is 401 g/mol. The van der Waals surface area contributed by atoms with Crippen molar-refractivity contribution < 1.29 is 19.1 Å². The summed E-state index contributed by atoms with van der Waals surface area (Å²) in [5.74, 6) is -0.114. The number of ether oxygens (including phenoxy) is 2. The fourth-order valence-electron chi connectivity index (χ4n) is 3.91. The Morgan fingerprint density at radius 2 is 1.86 bits per heavy atom. The molecule has 2 aromatic rings. The molecule has 0 radical (unpaired) electrons. The summed E-state index contributed by atoms with van der Waals surface area (Å²) >= 11 is 12.0. The van der Waals surface area contributed by atoms with Crippen LogP contribution in [0, 0.1) is 0 Å². The number of nitrogens with zero attached hydrogens (tertiary/aromatic N) is 1. The quantitative estimate of drug-likeness (QED) is 0.689. The van der Waals surface area contributed by atoms with E-state index in [4.69, 9.17) is 32.7 Å². The number of likely N-dealkylation sites (tertiary alicyclic amines) is 1. The maximum absolute atomic E-state index is 13.2. The SMILES string of the molecule is CC(C)(Oc1cc(Cl)cc(Cl)c1)C(=O)N1CC[C@@]2(C1)OC(=O)c1ccccc12. The molecule has 28 heavy (non-hydrogen) atoms. The van der Waals surface area contributed by atoms with Crippen molar-refractivity contribution in [2.75, 3.05) is 13.1 Å². The van der Waals surface area contributed by atoms with Crippen LogP contribution in [0.5, 0.6) is 5.75 Å². The van der Waals surface area contributed by atoms with E-state index in [1.165, 1.54) is 0 Å². The second kappa shape index (κ2) is 6.68. The summed E-state index contributed by atoms with van der Waals surface area (Å²) < 4.78 is 11.6. The fraction of sp³-hybridized carbons (Fsp3) is 0.333. The third-order valence-corrected chi connectivity index (χ3v) is 5.61. The highest BCUT2D eigenvalue weighted by molar-refractivity contribution is 6.34. The molecule has 1 atom stereocenters. The molecule has 5 nitrogen and oxygen atoms in total. The predicted molar refractivity (Wildman–Crippen MR) is 106 cm³/mol. The number of fused-ring (bicyclic) bond motifs is 2. The molecular formula is C21H19Cl2NO4. The van der Waals surface area contributed by atoms with Gasteiger partial charge in [-0.2, -0.15) is 0 Å². The minimum Gasteiger partial charge on any atom is -0.478 e. The van der Waals surface area contributed by atoms with Gasteiger partial charge in [0.05, 0.1) is 12.1 Å². The Labute approximate surface area is 173 Å². The minimum atomic E-state index is -1.14. The van der Waals surface area contributed by atoms with Gasteiger partial charge in [0.1, 0.15) is 5.75 Å². The van der Waals surface area contributed by atoms with Crippen LogP contribution in [-0.2, 0) is 15.1 Å². The molecule has 1 spiro atoms. The van der Waals surface area contributed by atoms with E-state index >= 15 is 0 Å². The summed E-state index contributed by atoms with van der Waals surface area (Å²) in [4.78, 5) is 27.1. The van der Waals surface area contributed by atoms with Gasteiger partial charge in [-0.1, -0.05) is 41.4 Å². The van der Waals surface area contributed by atoms with Crippen LogP contribution in [0.2, 0.25) is 10.0 Å². The monoisotopic (exact) mass is 419 g/mol. The highest BCUT2D eigenvalue weighted by Crippen LogP contribution is 2.43. The number of halogens is 2. The molecule has 0 N–H and O–H groups in total. The first-order valence-corrected chi connectivity index (χ1v) is 9.73. The van der Waals surface area contributed by atoms with E-state index in [0.717, 1.165) is 5.56 Å². The molecule has 1 saturated heterocycles. The molecule has 2 aliphatic heterocycles. The molecule has 1 amide bonds. The third kappa shape index (κ3) is 3.23. The first-order valence-electron chi connectivity index (χ1n) is 8.98. The Hall–Kier alpha value is -2.24. The van der Waals surface area contributed by atoms with Gasteiger partial charge in [0.15, 0.2) is 11.2 Å². The van der Waals surface area contributed by atoms with Crippen LogP contribution in [-0.4, -0.2) is 35.5 Å². The third-order valence-electron chi connectivity index (χ3n) is 5.17. The van der Waals surface area contributed by atoms with Gasteiger partial charge in [0.2, 0.25) is 0 Å². The summed E-state index contributed by atoms with van der Waals surface area (Å²) in [5.41, 5.74) is -0.503. The first-order chi connectivity index (χ1) is 13.2. The van der Waals surface area contributed by atoms with E-state index in [0.29, 0.717) is 40.9 Å². The summed E-state index contributed by atoms with van der Waals surface area (Å²) in [6.07, 6.45) is 0.556. The van der Waals surface area contributed by atoms with Gasteiger partial charge in [-0.25, -0.2) is 4.79 Å². The highest BCUT2D eigenvalue weighted by Gasteiger charge is 2.52. The van der Waals surface area contributed by atoms with Crippen molar-refractivity contribution in [3.05, 3.63) is 63.6 Å². The van der Waals surface area contributed by atoms with E-state index in [9.17, 15) is 9.59 Å². The van der Waals surface area contributed by atoms with Gasteiger partial charge in [-0.15, -0.1) is 0 Å². The molecule has 1 fully saturated rings. The van der Waals surface area contributed by atoms with E-state index in [-0.39, 0.29) is 11.9 Å². The minimum absolute atomic E-state index is 0.194. The van der Waals surface area contributed by atoms with Gasteiger partial charge >= 0.3 is 5.97 Å². The van der Waals surface area contributed by atoms with Crippen LogP contribution < -0.4 is 4.74 Å². The zero-order chi connectivity index (χ0) is 20.1. The number of hydrogen-bond acceptors (Lipinski definition) is 4. The second-order valence-corrected chi connectivity index (χ2v) is 8.50. The molecule has 2 aliphatic rings. The van der Waals surface area contributed by atoms with E-state index in [2.05, 4.69) is 0 Å². The van der Waals surface area contributed by atoms with Gasteiger partial charge < -0.3 is 14.4 Å². The Bertz CT molecular complexity index is 954. The molecule has 4 rings (SSSR count). The van der Waals surface area contributed by atoms with Crippen LogP contribution in [0.1, 0.15) is 36.2 Å². The Balaban J connectivity index is 1.54. The Morgan fingerprint density at radius 1 is 1.18 bits per heavy atom. The number of amides is 1. The van der Waals surface area contributed by atoms with Crippen molar-refractivity contribution in [2.45, 2.75) is 31.5 Å². The number of benzene rings is 2. The fourth-order valence-corrected chi connectivity index (χ4v) is 4.42. The molecule has 0 unspecified atom stereocenters. The maximum atomic E-state index is 13.2. The molecule has 0 bridgehead atoms. The predicted octanol–water partition coefficient (Wildman–Crippen LogP) is 4.45.